The van der Waals surface area contributed by atoms with Crippen molar-refractivity contribution in [2.75, 3.05) is 46.4 Å². The molecule has 0 saturated heterocycles. The van der Waals surface area contributed by atoms with Crippen molar-refractivity contribution in [2.24, 2.45) is 0 Å². The normalized spacial score (nSPS) is 11.1. The van der Waals surface area contributed by atoms with Crippen molar-refractivity contribution < 1.29 is 95.6 Å². The smallest absolute Gasteiger partial charge is 0.414 e. The van der Waals surface area contributed by atoms with Gasteiger partial charge in [0.15, 0.2) is 31.5 Å². The van der Waals surface area contributed by atoms with E-state index >= 15 is 0 Å². The number of thiophene rings is 5. The maximum Gasteiger partial charge on any atom is 0.414 e. The van der Waals surface area contributed by atoms with E-state index in [1.54, 1.807) is 156 Å². The lowest BCUT2D eigenvalue weighted by atomic mass is 10.0. The van der Waals surface area contributed by atoms with E-state index in [9.17, 15) is 71.9 Å². The highest BCUT2D eigenvalue weighted by Gasteiger charge is 2.29. The van der Waals surface area contributed by atoms with Gasteiger partial charge in [-0.25, -0.2) is 63.8 Å². The molecule has 1 aliphatic rings. The van der Waals surface area contributed by atoms with Crippen LogP contribution in [-0.2, 0) is 36.5 Å². The fourth-order valence-electron chi connectivity index (χ4n) is 11.3. The number of imidazole rings is 1. The summed E-state index contributed by atoms with van der Waals surface area (Å²) in [5.41, 5.74) is 5.67. The molecule has 133 heavy (non-hydrogen) atoms. The van der Waals surface area contributed by atoms with Crippen LogP contribution in [0.5, 0.6) is 0 Å². The highest BCUT2D eigenvalue weighted by Crippen LogP contribution is 2.38. The Kier molecular flexibility index (Phi) is 34.1. The van der Waals surface area contributed by atoms with Crippen LogP contribution < -0.4 is 53.2 Å². The summed E-state index contributed by atoms with van der Waals surface area (Å²) in [5, 5.41) is 33.3. The Bertz CT molecular complexity index is 6530. The van der Waals surface area contributed by atoms with Gasteiger partial charge in [0.25, 0.3) is 59.1 Å². The van der Waals surface area contributed by atoms with E-state index < -0.39 is 83.6 Å². The van der Waals surface area contributed by atoms with Gasteiger partial charge in [-0.05, 0) is 174 Å². The molecule has 14 heterocycles. The standard InChI is InChI=1S/C21H16N4O4S2.2C16H14N4O4S2.C16H17N3O4S2.C15H13N5O4S/c1-2-29-21(28)25-16(26)13-11-15(12-7-4-3-5-8-12)30-18(13)24-17(27)20-23-14-9-6-10-22-19(14)31-20;1-8(2)24-16(23)20-12(21)9-4-6-25-14(9)19-13(22)15-18-10-7-17-5-3-11(10)26-15;1-8(2)24-16(23)20-11(21)9-5-7-25-13(9)19-12(22)15-18-10-4-3-6-17-14(10)26-15;1-2-23-16(22)19-12(20)9-7-8-24-14(9)18-13(21)15-17-10-5-3-4-6-11(10)25-15;1-2-24-15(23)20-12(21)8-5-7-25-14(8)19-13(22)11-17-9-4-3-6-16-10(9)18-11/h3-11H,2H2,1H3,(H,24,27)(H,25,26,28);2*3-8H,1-2H3,(H,19,22)(H,20,21,23);7-8H,2-6H2,1H3,(H,18,21)(H,19,20,22);3-7H,2H2,1H3,(H,19,22)(H,16,17,18)(H,20,21,23). The molecule has 16 rings (SSSR count). The fraction of sp³-hybridized carbons (Fsp3) is 0.190. The molecule has 0 aliphatic heterocycles. The van der Waals surface area contributed by atoms with Crippen LogP contribution in [0.1, 0.15) is 173 Å². The predicted octanol–water partition coefficient (Wildman–Crippen LogP) is 16.5. The molecule has 11 N–H and O–H groups in total. The van der Waals surface area contributed by atoms with Crippen molar-refractivity contribution in [3.8, 4) is 10.4 Å². The van der Waals surface area contributed by atoms with Crippen LogP contribution in [0.2, 0.25) is 0 Å². The Morgan fingerprint density at radius 3 is 1.24 bits per heavy atom. The van der Waals surface area contributed by atoms with Gasteiger partial charge in [-0.1, -0.05) is 53.0 Å². The number of rotatable bonds is 21. The first-order valence-corrected chi connectivity index (χ1v) is 47.2. The largest absolute Gasteiger partial charge is 0.450 e. The highest BCUT2D eigenvalue weighted by atomic mass is 32.1. The second-order valence-electron chi connectivity index (χ2n) is 27.1. The van der Waals surface area contributed by atoms with Crippen LogP contribution in [0.3, 0.4) is 0 Å². The van der Waals surface area contributed by atoms with Crippen molar-refractivity contribution in [1.82, 2.24) is 76.4 Å². The Hall–Kier alpha value is -14.9. The number of nitrogens with zero attached hydrogens (tertiary/aromatic N) is 9. The number of hydrogen-bond donors (Lipinski definition) is 11. The first-order valence-electron chi connectivity index (χ1n) is 39.6. The molecule has 0 atom stereocenters. The Morgan fingerprint density at radius 1 is 0.383 bits per heavy atom. The molecular weight excluding hydrogens is 1900 g/mol. The minimum Gasteiger partial charge on any atom is -0.450 e. The van der Waals surface area contributed by atoms with Crippen molar-refractivity contribution in [1.29, 1.82) is 0 Å². The number of amides is 15. The monoisotopic (exact) mass is 1970 g/mol. The number of ether oxygens (including phenoxy) is 5. The number of thiazole rings is 4. The van der Waals surface area contributed by atoms with Gasteiger partial charge >= 0.3 is 30.5 Å². The van der Waals surface area contributed by atoms with Gasteiger partial charge < -0.3 is 55.3 Å². The molecule has 14 aromatic heterocycles. The summed E-state index contributed by atoms with van der Waals surface area (Å²) in [6, 6.07) is 29.4. The van der Waals surface area contributed by atoms with Gasteiger partial charge in [0, 0.05) is 34.5 Å². The maximum atomic E-state index is 12.8. The first-order chi connectivity index (χ1) is 64.1. The number of carbonyl (C=O) groups is 15. The number of carbonyl (C=O) groups excluding carboxylic acids is 15. The Labute approximate surface area is 787 Å². The number of aryl methyl sites for hydroxylation is 2. The summed E-state index contributed by atoms with van der Waals surface area (Å²) in [7, 11) is 0. The number of benzene rings is 1. The SMILES string of the molecule is CC(C)OC(=O)NC(=O)c1ccsc1NC(=O)c1nc2cccnc2s1.CC(C)OC(=O)NC(=O)c1ccsc1NC(=O)c1nc2cnccc2s1.CCOC(=O)NC(=O)c1cc(-c2ccccc2)sc1NC(=O)c1nc2cccnc2s1.CCOC(=O)NC(=O)c1ccsc1NC(=O)c1nc2c(s1)CCCC2.CCOC(=O)NC(=O)c1ccsc1NC(=O)c1nc2ncccc2[nH]1. The van der Waals surface area contributed by atoms with Gasteiger partial charge in [-0.2, -0.15) is 0 Å². The summed E-state index contributed by atoms with van der Waals surface area (Å²) < 4.78 is 24.7. The zero-order valence-corrected chi connectivity index (χ0v) is 77.8. The summed E-state index contributed by atoms with van der Waals surface area (Å²) in [6.07, 6.45) is 7.23. The third-order valence-electron chi connectivity index (χ3n) is 17.0. The summed E-state index contributed by atoms with van der Waals surface area (Å²) in [6.45, 7) is 12.1. The number of hydrogen-bond acceptors (Lipinski definition) is 38. The van der Waals surface area contributed by atoms with Crippen molar-refractivity contribution in [2.45, 2.75) is 86.4 Å². The molecule has 49 heteroatoms. The summed E-state index contributed by atoms with van der Waals surface area (Å²) in [4.78, 5) is 225. The predicted molar refractivity (Wildman–Crippen MR) is 503 cm³/mol. The lowest BCUT2D eigenvalue weighted by Crippen LogP contribution is -2.32. The molecule has 0 bridgehead atoms. The summed E-state index contributed by atoms with van der Waals surface area (Å²) in [5.74, 6) is -5.40. The van der Waals surface area contributed by atoms with E-state index in [0.717, 1.165) is 80.5 Å². The van der Waals surface area contributed by atoms with Gasteiger partial charge in [0.1, 0.15) is 51.2 Å². The van der Waals surface area contributed by atoms with Crippen LogP contribution in [0.15, 0.2) is 156 Å². The number of nitrogens with one attached hydrogen (secondary N) is 11. The van der Waals surface area contributed by atoms with Gasteiger partial charge in [0.05, 0.1) is 82.0 Å². The Balaban J connectivity index is 0.000000150. The first kappa shape index (κ1) is 97.2. The van der Waals surface area contributed by atoms with Gasteiger partial charge in [-0.3, -0.25) is 79.5 Å². The average Bonchev–Trinajstić information content (AvgIpc) is 1.69. The number of anilines is 5. The minimum atomic E-state index is -0.852. The molecule has 0 spiro atoms. The van der Waals surface area contributed by atoms with E-state index in [-0.39, 0.29) is 86.6 Å². The van der Waals surface area contributed by atoms with Crippen LogP contribution in [0.4, 0.5) is 49.0 Å². The number of aromatic nitrogens is 10. The van der Waals surface area contributed by atoms with Crippen LogP contribution in [-0.4, -0.2) is 171 Å². The van der Waals surface area contributed by atoms with Gasteiger partial charge in [0.2, 0.25) is 0 Å². The van der Waals surface area contributed by atoms with E-state index in [1.165, 1.54) is 91.1 Å². The van der Waals surface area contributed by atoms with E-state index in [0.29, 0.717) is 67.4 Å². The number of imide groups is 5. The van der Waals surface area contributed by atoms with Crippen molar-refractivity contribution in [3.05, 3.63) is 220 Å². The second-order valence-corrected chi connectivity index (χ2v) is 35.9. The third-order valence-corrected chi connectivity index (χ3v) is 25.6. The molecule has 684 valence electrons. The maximum absolute atomic E-state index is 12.8. The molecule has 0 saturated carbocycles. The van der Waals surface area contributed by atoms with Crippen LogP contribution in [0, 0.1) is 0 Å². The highest BCUT2D eigenvalue weighted by molar-refractivity contribution is 7.22. The zero-order chi connectivity index (χ0) is 94.8. The van der Waals surface area contributed by atoms with Crippen molar-refractivity contribution in [3.63, 3.8) is 0 Å². The molecular formula is C84H74N20O20S9. The topological polar surface area (TPSA) is 554 Å². The Morgan fingerprint density at radius 2 is 0.797 bits per heavy atom. The fourth-order valence-corrected chi connectivity index (χ4v) is 19.0. The van der Waals surface area contributed by atoms with Crippen LogP contribution >= 0.6 is 102 Å². The molecule has 15 aromatic rings. The number of aromatic amines is 1. The lowest BCUT2D eigenvalue weighted by Gasteiger charge is -2.09. The molecule has 40 nitrogen and oxygen atoms in total. The molecule has 0 radical (unpaired) electrons. The number of fused-ring (bicyclic) bond motifs is 5. The zero-order valence-electron chi connectivity index (χ0n) is 70.5. The molecule has 1 aliphatic carbocycles. The molecule has 0 unspecified atom stereocenters. The molecule has 15 amide bonds. The second kappa shape index (κ2) is 46.6. The molecule has 0 fully saturated rings. The lowest BCUT2D eigenvalue weighted by molar-refractivity contribution is 0.0860. The van der Waals surface area contributed by atoms with Crippen molar-refractivity contribution >= 4 is 259 Å². The number of alkyl carbamates (subject to hydrolysis) is 5. The number of pyridine rings is 4. The number of H-pyrrole nitrogens is 1. The summed E-state index contributed by atoms with van der Waals surface area (Å²) >= 11 is 10.9. The minimum absolute atomic E-state index is 0.0684. The third kappa shape index (κ3) is 26.7. The van der Waals surface area contributed by atoms with Crippen LogP contribution in [0.25, 0.3) is 52.5 Å². The van der Waals surface area contributed by atoms with E-state index in [2.05, 4.69) is 112 Å². The quantitative estimate of drug-likeness (QED) is 0.0298. The van der Waals surface area contributed by atoms with E-state index in [1.807, 2.05) is 30.3 Å². The van der Waals surface area contributed by atoms with E-state index in [4.69, 9.17) is 14.2 Å². The average molecular weight is 1970 g/mol. The van der Waals surface area contributed by atoms with Gasteiger partial charge in [-0.15, -0.1) is 79.4 Å². The molecule has 1 aromatic carbocycles.